The van der Waals surface area contributed by atoms with E-state index in [1.807, 2.05) is 6.07 Å². The summed E-state index contributed by atoms with van der Waals surface area (Å²) in [5.74, 6) is 2.32. The lowest BCUT2D eigenvalue weighted by Gasteiger charge is -2.18. The number of hydrogen-bond acceptors (Lipinski definition) is 4. The van der Waals surface area contributed by atoms with E-state index < -0.39 is 0 Å². The summed E-state index contributed by atoms with van der Waals surface area (Å²) in [5.41, 5.74) is 0. The topological polar surface area (TPSA) is 46.3 Å². The Kier molecular flexibility index (Phi) is 2.63. The van der Waals surface area contributed by atoms with E-state index in [4.69, 9.17) is 11.6 Å². The van der Waals surface area contributed by atoms with Crippen LogP contribution in [0.5, 0.6) is 0 Å². The van der Waals surface area contributed by atoms with Crippen LogP contribution in [0.2, 0.25) is 5.15 Å². The van der Waals surface area contributed by atoms with Crippen LogP contribution in [0.3, 0.4) is 0 Å². The third-order valence-electron chi connectivity index (χ3n) is 3.39. The van der Waals surface area contributed by atoms with Crippen LogP contribution in [0.15, 0.2) is 12.4 Å². The Morgan fingerprint density at radius 1 is 1.53 bits per heavy atom. The van der Waals surface area contributed by atoms with Crippen LogP contribution in [-0.2, 0) is 0 Å². The highest BCUT2D eigenvalue weighted by Gasteiger charge is 2.23. The molecule has 0 amide bonds. The van der Waals surface area contributed by atoms with Crippen molar-refractivity contribution in [3.05, 3.63) is 17.5 Å². The third-order valence-corrected chi connectivity index (χ3v) is 3.58. The van der Waals surface area contributed by atoms with E-state index in [9.17, 15) is 0 Å². The van der Waals surface area contributed by atoms with Gasteiger partial charge in [-0.3, -0.25) is 0 Å². The van der Waals surface area contributed by atoms with E-state index >= 15 is 0 Å². The Balaban J connectivity index is 2.02. The fourth-order valence-electron chi connectivity index (χ4n) is 2.37. The lowest BCUT2D eigenvalue weighted by molar-refractivity contribution is 0.568. The molecule has 17 heavy (non-hydrogen) atoms. The summed E-state index contributed by atoms with van der Waals surface area (Å²) >= 11 is 6.01. The summed E-state index contributed by atoms with van der Waals surface area (Å²) in [6, 6.07) is 1.86. The summed E-state index contributed by atoms with van der Waals surface area (Å²) in [6.07, 6.45) is 3.96. The molecular formula is C11H14ClN5. The van der Waals surface area contributed by atoms with Gasteiger partial charge in [-0.15, -0.1) is 0 Å². The number of anilines is 1. The fraction of sp³-hybridized carbons (Fsp3) is 0.545. The van der Waals surface area contributed by atoms with E-state index in [2.05, 4.69) is 26.9 Å². The molecule has 3 heterocycles. The van der Waals surface area contributed by atoms with Gasteiger partial charge in [0.05, 0.1) is 0 Å². The highest BCUT2D eigenvalue weighted by molar-refractivity contribution is 6.29. The minimum atomic E-state index is 0.473. The van der Waals surface area contributed by atoms with Crippen LogP contribution in [0.4, 0.5) is 5.82 Å². The molecule has 1 aliphatic heterocycles. The van der Waals surface area contributed by atoms with E-state index in [0.29, 0.717) is 10.9 Å². The molecule has 0 saturated carbocycles. The smallest absolute Gasteiger partial charge is 0.255 e. The molecule has 0 radical (unpaired) electrons. The lowest BCUT2D eigenvalue weighted by Crippen LogP contribution is -2.22. The Hall–Kier alpha value is -1.36. The van der Waals surface area contributed by atoms with E-state index in [1.54, 1.807) is 4.52 Å². The van der Waals surface area contributed by atoms with Crippen molar-refractivity contribution in [3.8, 4) is 0 Å². The van der Waals surface area contributed by atoms with Crippen LogP contribution in [0.25, 0.3) is 5.78 Å². The molecule has 3 rings (SSSR count). The maximum absolute atomic E-state index is 6.01. The van der Waals surface area contributed by atoms with Gasteiger partial charge in [0.15, 0.2) is 0 Å². The molecule has 0 spiro atoms. The van der Waals surface area contributed by atoms with Gasteiger partial charge in [-0.2, -0.15) is 19.6 Å². The molecule has 1 atom stereocenters. The van der Waals surface area contributed by atoms with Gasteiger partial charge in [-0.05, 0) is 12.3 Å². The second-order valence-electron chi connectivity index (χ2n) is 4.42. The van der Waals surface area contributed by atoms with E-state index in [-0.39, 0.29) is 0 Å². The monoisotopic (exact) mass is 251 g/mol. The molecule has 0 bridgehead atoms. The van der Waals surface area contributed by atoms with Crippen molar-refractivity contribution < 1.29 is 0 Å². The average molecular weight is 252 g/mol. The van der Waals surface area contributed by atoms with Crippen molar-refractivity contribution in [2.75, 3.05) is 18.0 Å². The van der Waals surface area contributed by atoms with Gasteiger partial charge in [0.25, 0.3) is 5.78 Å². The number of aromatic nitrogens is 4. The second kappa shape index (κ2) is 4.14. The highest BCUT2D eigenvalue weighted by atomic mass is 35.5. The molecule has 0 aliphatic carbocycles. The summed E-state index contributed by atoms with van der Waals surface area (Å²) in [7, 11) is 0. The van der Waals surface area contributed by atoms with E-state index in [0.717, 1.165) is 24.8 Å². The normalized spacial score (nSPS) is 20.4. The fourth-order valence-corrected chi connectivity index (χ4v) is 2.54. The minimum Gasteiger partial charge on any atom is -0.356 e. The van der Waals surface area contributed by atoms with Crippen LogP contribution in [-0.4, -0.2) is 32.7 Å². The maximum atomic E-state index is 6.01. The molecule has 1 aliphatic rings. The number of rotatable bonds is 2. The van der Waals surface area contributed by atoms with Gasteiger partial charge in [0, 0.05) is 19.2 Å². The molecule has 0 N–H and O–H groups in total. The van der Waals surface area contributed by atoms with Gasteiger partial charge in [-0.25, -0.2) is 0 Å². The summed E-state index contributed by atoms with van der Waals surface area (Å²) in [5, 5.41) is 4.67. The van der Waals surface area contributed by atoms with Crippen molar-refractivity contribution >= 4 is 23.2 Å². The first kappa shape index (κ1) is 10.8. The Labute approximate surface area is 104 Å². The first-order valence-electron chi connectivity index (χ1n) is 5.89. The molecule has 1 unspecified atom stereocenters. The van der Waals surface area contributed by atoms with Crippen molar-refractivity contribution in [1.29, 1.82) is 0 Å². The van der Waals surface area contributed by atoms with Crippen LogP contribution in [0.1, 0.15) is 19.8 Å². The van der Waals surface area contributed by atoms with Crippen molar-refractivity contribution in [2.45, 2.75) is 19.8 Å². The number of nitrogens with zero attached hydrogens (tertiary/aromatic N) is 5. The largest absolute Gasteiger partial charge is 0.356 e. The predicted octanol–water partition coefficient (Wildman–Crippen LogP) is 2.01. The average Bonchev–Trinajstić information content (AvgIpc) is 2.95. The summed E-state index contributed by atoms with van der Waals surface area (Å²) < 4.78 is 1.75. The Morgan fingerprint density at radius 2 is 2.41 bits per heavy atom. The van der Waals surface area contributed by atoms with Crippen molar-refractivity contribution in [3.63, 3.8) is 0 Å². The predicted molar refractivity (Wildman–Crippen MR) is 66.4 cm³/mol. The summed E-state index contributed by atoms with van der Waals surface area (Å²) in [4.78, 5) is 10.5. The molecule has 5 nitrogen and oxygen atoms in total. The number of hydrogen-bond donors (Lipinski definition) is 0. The van der Waals surface area contributed by atoms with Gasteiger partial charge in [0.2, 0.25) is 0 Å². The SMILES string of the molecule is CCC1CCN(c2cc(Cl)nc3ncnn23)C1. The standard InChI is InChI=1S/C11H14ClN5/c1-2-8-3-4-16(6-8)10-5-9(12)15-11-13-7-14-17(10)11/h5,7-8H,2-4,6H2,1H3. The molecule has 1 saturated heterocycles. The number of halogens is 1. The molecule has 1 fully saturated rings. The lowest BCUT2D eigenvalue weighted by atomic mass is 10.1. The van der Waals surface area contributed by atoms with Crippen LogP contribution < -0.4 is 4.90 Å². The Morgan fingerprint density at radius 3 is 3.18 bits per heavy atom. The molecule has 0 aromatic carbocycles. The quantitative estimate of drug-likeness (QED) is 0.766. The minimum absolute atomic E-state index is 0.473. The number of fused-ring (bicyclic) bond motifs is 1. The zero-order valence-corrected chi connectivity index (χ0v) is 10.4. The molecule has 6 heteroatoms. The highest BCUT2D eigenvalue weighted by Crippen LogP contribution is 2.26. The summed E-state index contributed by atoms with van der Waals surface area (Å²) in [6.45, 7) is 4.35. The van der Waals surface area contributed by atoms with Crippen LogP contribution >= 0.6 is 11.6 Å². The van der Waals surface area contributed by atoms with Gasteiger partial charge in [-0.1, -0.05) is 24.9 Å². The van der Waals surface area contributed by atoms with Gasteiger partial charge in [0.1, 0.15) is 17.3 Å². The zero-order valence-electron chi connectivity index (χ0n) is 9.67. The van der Waals surface area contributed by atoms with Gasteiger partial charge < -0.3 is 4.90 Å². The third kappa shape index (κ3) is 1.84. The molecule has 90 valence electrons. The Bertz CT molecular complexity index is 538. The molecule has 2 aromatic rings. The second-order valence-corrected chi connectivity index (χ2v) is 4.81. The zero-order chi connectivity index (χ0) is 11.8. The van der Waals surface area contributed by atoms with Crippen molar-refractivity contribution in [2.24, 2.45) is 5.92 Å². The van der Waals surface area contributed by atoms with Crippen LogP contribution in [0, 0.1) is 5.92 Å². The first-order valence-corrected chi connectivity index (χ1v) is 6.27. The molecule has 2 aromatic heterocycles. The first-order chi connectivity index (χ1) is 8.28. The van der Waals surface area contributed by atoms with E-state index in [1.165, 1.54) is 19.2 Å². The molecular weight excluding hydrogens is 238 g/mol. The van der Waals surface area contributed by atoms with Crippen molar-refractivity contribution in [1.82, 2.24) is 19.6 Å². The maximum Gasteiger partial charge on any atom is 0.255 e. The van der Waals surface area contributed by atoms with Gasteiger partial charge >= 0.3 is 0 Å².